The molecule has 0 amide bonds. The zero-order chi connectivity index (χ0) is 9.86. The molecule has 1 aromatic heterocycles. The smallest absolute Gasteiger partial charge is 0.180 e. The topological polar surface area (TPSA) is 47.3 Å². The molecule has 1 aliphatic heterocycles. The van der Waals surface area contributed by atoms with Crippen LogP contribution in [0.1, 0.15) is 25.5 Å². The van der Waals surface area contributed by atoms with E-state index in [-0.39, 0.29) is 5.54 Å². The van der Waals surface area contributed by atoms with E-state index >= 15 is 0 Å². The van der Waals surface area contributed by atoms with Crippen molar-refractivity contribution in [1.29, 1.82) is 0 Å². The van der Waals surface area contributed by atoms with Gasteiger partial charge in [0.2, 0.25) is 0 Å². The molecule has 14 heavy (non-hydrogen) atoms. The Balaban J connectivity index is 1.84. The molecule has 1 aliphatic rings. The first kappa shape index (κ1) is 9.68. The van der Waals surface area contributed by atoms with Crippen molar-refractivity contribution in [1.82, 2.24) is 10.3 Å². The lowest BCUT2D eigenvalue weighted by Crippen LogP contribution is -2.46. The fraction of sp³-hybridized carbons (Fsp3) is 0.700. The van der Waals surface area contributed by atoms with Crippen LogP contribution in [0.15, 0.2) is 17.0 Å². The molecule has 78 valence electrons. The lowest BCUT2D eigenvalue weighted by molar-refractivity contribution is 0.0439. The highest BCUT2D eigenvalue weighted by atomic mass is 16.5. The second-order valence-corrected chi connectivity index (χ2v) is 3.99. The maximum absolute atomic E-state index is 5.33. The predicted molar refractivity (Wildman–Crippen MR) is 51.8 cm³/mol. The second-order valence-electron chi connectivity index (χ2n) is 3.99. The third-order valence-electron chi connectivity index (χ3n) is 2.77. The average Bonchev–Trinajstić information content (AvgIpc) is 2.69. The van der Waals surface area contributed by atoms with E-state index < -0.39 is 0 Å². The van der Waals surface area contributed by atoms with Gasteiger partial charge in [0.15, 0.2) is 6.39 Å². The predicted octanol–water partition coefficient (Wildman–Crippen LogP) is 1.33. The quantitative estimate of drug-likeness (QED) is 0.792. The average molecular weight is 196 g/mol. The number of aromatic nitrogens is 1. The molecule has 0 aliphatic carbocycles. The zero-order valence-corrected chi connectivity index (χ0v) is 8.45. The van der Waals surface area contributed by atoms with E-state index in [9.17, 15) is 0 Å². The van der Waals surface area contributed by atoms with E-state index in [0.29, 0.717) is 0 Å². The second kappa shape index (κ2) is 4.11. The fourth-order valence-corrected chi connectivity index (χ4v) is 1.63. The summed E-state index contributed by atoms with van der Waals surface area (Å²) in [6, 6.07) is 0. The summed E-state index contributed by atoms with van der Waals surface area (Å²) in [6.45, 7) is 4.67. The lowest BCUT2D eigenvalue weighted by atomic mass is 9.92. The van der Waals surface area contributed by atoms with Gasteiger partial charge < -0.3 is 14.5 Å². The van der Waals surface area contributed by atoms with Gasteiger partial charge in [0.25, 0.3) is 0 Å². The molecule has 0 radical (unpaired) electrons. The Bertz CT molecular complexity index is 266. The van der Waals surface area contributed by atoms with Crippen LogP contribution in [0.5, 0.6) is 0 Å². The molecule has 4 nitrogen and oxygen atoms in total. The fourth-order valence-electron chi connectivity index (χ4n) is 1.63. The molecule has 0 saturated carbocycles. The molecule has 1 N–H and O–H groups in total. The minimum atomic E-state index is 0.186. The minimum absolute atomic E-state index is 0.186. The monoisotopic (exact) mass is 196 g/mol. The standard InChI is InChI=1S/C10H16N2O2/c1-10(2-4-13-5-3-10)12-7-9-6-11-8-14-9/h6,8,12H,2-5,7H2,1H3. The van der Waals surface area contributed by atoms with Crippen molar-refractivity contribution in [2.45, 2.75) is 31.8 Å². The Labute approximate surface area is 83.7 Å². The van der Waals surface area contributed by atoms with Crippen molar-refractivity contribution in [3.05, 3.63) is 18.4 Å². The van der Waals surface area contributed by atoms with E-state index in [1.165, 1.54) is 6.39 Å². The summed E-state index contributed by atoms with van der Waals surface area (Å²) < 4.78 is 10.5. The number of hydrogen-bond donors (Lipinski definition) is 1. The maximum Gasteiger partial charge on any atom is 0.180 e. The molecule has 2 heterocycles. The number of nitrogens with zero attached hydrogens (tertiary/aromatic N) is 1. The molecule has 2 rings (SSSR count). The van der Waals surface area contributed by atoms with Gasteiger partial charge in [0, 0.05) is 18.8 Å². The molecular formula is C10H16N2O2. The summed E-state index contributed by atoms with van der Waals surface area (Å²) in [4.78, 5) is 3.88. The Morgan fingerprint density at radius 3 is 2.93 bits per heavy atom. The minimum Gasteiger partial charge on any atom is -0.447 e. The molecular weight excluding hydrogens is 180 g/mol. The van der Waals surface area contributed by atoms with Gasteiger partial charge in [-0.1, -0.05) is 0 Å². The van der Waals surface area contributed by atoms with Gasteiger partial charge in [-0.15, -0.1) is 0 Å². The first-order valence-corrected chi connectivity index (χ1v) is 4.99. The molecule has 0 atom stereocenters. The third kappa shape index (κ3) is 2.33. The summed E-state index contributed by atoms with van der Waals surface area (Å²) >= 11 is 0. The van der Waals surface area contributed by atoms with E-state index in [2.05, 4.69) is 17.2 Å². The largest absolute Gasteiger partial charge is 0.447 e. The Morgan fingerprint density at radius 1 is 1.50 bits per heavy atom. The van der Waals surface area contributed by atoms with Gasteiger partial charge in [-0.25, -0.2) is 4.98 Å². The lowest BCUT2D eigenvalue weighted by Gasteiger charge is -2.34. The molecule has 1 aromatic rings. The summed E-state index contributed by atoms with van der Waals surface area (Å²) in [6.07, 6.45) is 5.32. The Morgan fingerprint density at radius 2 is 2.29 bits per heavy atom. The van der Waals surface area contributed by atoms with Gasteiger partial charge in [-0.05, 0) is 19.8 Å². The number of hydrogen-bond acceptors (Lipinski definition) is 4. The van der Waals surface area contributed by atoms with Gasteiger partial charge in [0.1, 0.15) is 5.76 Å². The van der Waals surface area contributed by atoms with Gasteiger partial charge in [-0.3, -0.25) is 0 Å². The normalized spacial score (nSPS) is 20.9. The van der Waals surface area contributed by atoms with Gasteiger partial charge in [-0.2, -0.15) is 0 Å². The Hall–Kier alpha value is -0.870. The van der Waals surface area contributed by atoms with Gasteiger partial charge in [0.05, 0.1) is 12.7 Å². The highest BCUT2D eigenvalue weighted by Gasteiger charge is 2.26. The van der Waals surface area contributed by atoms with E-state index in [1.807, 2.05) is 0 Å². The van der Waals surface area contributed by atoms with Crippen molar-refractivity contribution >= 4 is 0 Å². The van der Waals surface area contributed by atoms with Crippen molar-refractivity contribution in [2.24, 2.45) is 0 Å². The maximum atomic E-state index is 5.33. The van der Waals surface area contributed by atoms with Crippen LogP contribution in [0.4, 0.5) is 0 Å². The molecule has 0 aromatic carbocycles. The van der Waals surface area contributed by atoms with Crippen LogP contribution < -0.4 is 5.32 Å². The summed E-state index contributed by atoms with van der Waals surface area (Å²) in [5, 5.41) is 3.49. The molecule has 4 heteroatoms. The van der Waals surface area contributed by atoms with Crippen molar-refractivity contribution in [2.75, 3.05) is 13.2 Å². The van der Waals surface area contributed by atoms with Crippen LogP contribution in [-0.4, -0.2) is 23.7 Å². The van der Waals surface area contributed by atoms with Crippen LogP contribution in [0.3, 0.4) is 0 Å². The number of rotatable bonds is 3. The molecule has 0 unspecified atom stereocenters. The first-order chi connectivity index (χ1) is 6.79. The van der Waals surface area contributed by atoms with Crippen molar-refractivity contribution in [3.8, 4) is 0 Å². The van der Waals surface area contributed by atoms with Crippen LogP contribution in [0.2, 0.25) is 0 Å². The molecule has 0 bridgehead atoms. The number of ether oxygens (including phenoxy) is 1. The SMILES string of the molecule is CC1(NCc2cnco2)CCOCC1. The third-order valence-corrected chi connectivity index (χ3v) is 2.77. The molecule has 0 spiro atoms. The van der Waals surface area contributed by atoms with Crippen molar-refractivity contribution < 1.29 is 9.15 Å². The molecule has 1 saturated heterocycles. The highest BCUT2D eigenvalue weighted by molar-refractivity contribution is 4.92. The van der Waals surface area contributed by atoms with Gasteiger partial charge >= 0.3 is 0 Å². The number of oxazole rings is 1. The Kier molecular flexibility index (Phi) is 2.84. The number of nitrogens with one attached hydrogen (secondary N) is 1. The van der Waals surface area contributed by atoms with Crippen LogP contribution in [0, 0.1) is 0 Å². The van der Waals surface area contributed by atoms with Crippen LogP contribution in [-0.2, 0) is 11.3 Å². The van der Waals surface area contributed by atoms with Crippen LogP contribution >= 0.6 is 0 Å². The first-order valence-electron chi connectivity index (χ1n) is 4.99. The zero-order valence-electron chi connectivity index (χ0n) is 8.45. The van der Waals surface area contributed by atoms with Crippen LogP contribution in [0.25, 0.3) is 0 Å². The summed E-state index contributed by atoms with van der Waals surface area (Å²) in [5.74, 6) is 0.887. The highest BCUT2D eigenvalue weighted by Crippen LogP contribution is 2.20. The summed E-state index contributed by atoms with van der Waals surface area (Å²) in [7, 11) is 0. The van der Waals surface area contributed by atoms with E-state index in [1.54, 1.807) is 6.20 Å². The van der Waals surface area contributed by atoms with E-state index in [4.69, 9.17) is 9.15 Å². The van der Waals surface area contributed by atoms with Crippen molar-refractivity contribution in [3.63, 3.8) is 0 Å². The van der Waals surface area contributed by atoms with E-state index in [0.717, 1.165) is 38.4 Å². The molecule has 1 fully saturated rings. The summed E-state index contributed by atoms with van der Waals surface area (Å²) in [5.41, 5.74) is 0.186.